The van der Waals surface area contributed by atoms with Gasteiger partial charge < -0.3 is 5.11 Å². The van der Waals surface area contributed by atoms with Gasteiger partial charge in [0.2, 0.25) is 0 Å². The van der Waals surface area contributed by atoms with Crippen LogP contribution < -0.4 is 5.43 Å². The van der Waals surface area contributed by atoms with E-state index in [9.17, 15) is 9.90 Å². The van der Waals surface area contributed by atoms with E-state index in [2.05, 4.69) is 44.5 Å². The van der Waals surface area contributed by atoms with Crippen LogP contribution in [-0.4, -0.2) is 32.8 Å². The van der Waals surface area contributed by atoms with Gasteiger partial charge in [-0.05, 0) is 31.1 Å². The minimum atomic E-state index is -1.01. The van der Waals surface area contributed by atoms with Crippen molar-refractivity contribution in [2.75, 3.05) is 0 Å². The third-order valence-electron chi connectivity index (χ3n) is 4.99. The quantitative estimate of drug-likeness (QED) is 0.733. The van der Waals surface area contributed by atoms with Gasteiger partial charge in [0.1, 0.15) is 5.71 Å². The number of halogens is 1. The second-order valence-corrected chi connectivity index (χ2v) is 7.97. The van der Waals surface area contributed by atoms with Gasteiger partial charge in [0.15, 0.2) is 6.17 Å². The first-order chi connectivity index (χ1) is 13.0. The van der Waals surface area contributed by atoms with Gasteiger partial charge >= 0.3 is 5.97 Å². The summed E-state index contributed by atoms with van der Waals surface area (Å²) in [4.78, 5) is 16.1. The number of aliphatic imine (C=N–C) groups is 1. The molecule has 3 unspecified atom stereocenters. The predicted molar refractivity (Wildman–Crippen MR) is 110 cm³/mol. The van der Waals surface area contributed by atoms with Gasteiger partial charge in [-0.3, -0.25) is 10.0 Å². The number of alkyl halides is 1. The van der Waals surface area contributed by atoms with Gasteiger partial charge in [-0.1, -0.05) is 70.0 Å². The number of aryl methyl sites for hydroxylation is 2. The molecule has 2 aliphatic rings. The number of hydrogen-bond donors (Lipinski definition) is 2. The Morgan fingerprint density at radius 3 is 2.59 bits per heavy atom. The molecule has 4 rings (SSSR count). The minimum Gasteiger partial charge on any atom is -0.477 e. The zero-order valence-electron chi connectivity index (χ0n) is 15.1. The molecule has 3 atom stereocenters. The largest absolute Gasteiger partial charge is 0.477 e. The second kappa shape index (κ2) is 6.94. The monoisotopic (exact) mass is 425 g/mol. The number of nitrogens with zero attached hydrogens (tertiary/aromatic N) is 2. The first-order valence-corrected chi connectivity index (χ1v) is 9.72. The van der Waals surface area contributed by atoms with E-state index in [1.165, 1.54) is 5.56 Å². The Balaban J connectivity index is 1.79. The molecule has 0 spiro atoms. The van der Waals surface area contributed by atoms with Crippen molar-refractivity contribution in [2.45, 2.75) is 30.9 Å². The summed E-state index contributed by atoms with van der Waals surface area (Å²) in [5.74, 6) is -1.01. The summed E-state index contributed by atoms with van der Waals surface area (Å²) >= 11 is 3.76. The number of aliphatic carboxylic acids is 1. The van der Waals surface area contributed by atoms with Gasteiger partial charge in [0, 0.05) is 5.56 Å². The molecule has 1 saturated heterocycles. The average Bonchev–Trinajstić information content (AvgIpc) is 2.99. The van der Waals surface area contributed by atoms with Gasteiger partial charge in [-0.15, -0.1) is 0 Å². The molecule has 5 nitrogen and oxygen atoms in total. The fourth-order valence-electron chi connectivity index (χ4n) is 3.68. The maximum Gasteiger partial charge on any atom is 0.354 e. The molecule has 0 saturated carbocycles. The number of benzene rings is 2. The normalized spacial score (nSPS) is 24.3. The molecule has 0 radical (unpaired) electrons. The lowest BCUT2D eigenvalue weighted by Gasteiger charge is -2.31. The highest BCUT2D eigenvalue weighted by Crippen LogP contribution is 2.40. The third kappa shape index (κ3) is 3.19. The number of hydrogen-bond acceptors (Lipinski definition) is 4. The number of nitrogens with one attached hydrogen (secondary N) is 1. The first-order valence-electron chi connectivity index (χ1n) is 8.80. The molecule has 2 aliphatic heterocycles. The fraction of sp³-hybridized carbons (Fsp3) is 0.238. The van der Waals surface area contributed by atoms with Gasteiger partial charge in [-0.2, -0.15) is 0 Å². The number of carboxylic acid groups (broad SMARTS) is 1. The molecule has 6 heteroatoms. The van der Waals surface area contributed by atoms with Crippen LogP contribution in [0.1, 0.15) is 28.3 Å². The van der Waals surface area contributed by atoms with Crippen LogP contribution in [0.3, 0.4) is 0 Å². The Hall–Kier alpha value is -2.44. The number of carbonyl (C=O) groups is 1. The van der Waals surface area contributed by atoms with Crippen molar-refractivity contribution in [1.29, 1.82) is 0 Å². The minimum absolute atomic E-state index is 0.0118. The van der Waals surface area contributed by atoms with Crippen molar-refractivity contribution in [2.24, 2.45) is 4.99 Å². The van der Waals surface area contributed by atoms with Crippen LogP contribution in [0.15, 0.2) is 59.6 Å². The average molecular weight is 426 g/mol. The summed E-state index contributed by atoms with van der Waals surface area (Å²) < 4.78 is 0. The third-order valence-corrected chi connectivity index (χ3v) is 5.99. The van der Waals surface area contributed by atoms with Crippen molar-refractivity contribution >= 4 is 33.3 Å². The first kappa shape index (κ1) is 17.9. The number of rotatable bonds is 3. The summed E-state index contributed by atoms with van der Waals surface area (Å²) in [6, 6.07) is 16.3. The Morgan fingerprint density at radius 2 is 1.93 bits per heavy atom. The van der Waals surface area contributed by atoms with Gasteiger partial charge in [-0.25, -0.2) is 10.2 Å². The lowest BCUT2D eigenvalue weighted by atomic mass is 10.00. The molecule has 2 N–H and O–H groups in total. The van der Waals surface area contributed by atoms with Crippen LogP contribution in [0.4, 0.5) is 0 Å². The standard InChI is InChI=1S/C21H20BrN3O2/c1-12-8-9-15(13(2)10-12)17-11-16(21(26)27)23-20-18(22)19(24-25(17)20)14-6-4-3-5-7-14/h3-11,18-20,24H,1-2H3,(H,26,27). The van der Waals surface area contributed by atoms with E-state index >= 15 is 0 Å². The zero-order valence-corrected chi connectivity index (χ0v) is 16.6. The summed E-state index contributed by atoms with van der Waals surface area (Å²) in [6.07, 6.45) is 1.30. The summed E-state index contributed by atoms with van der Waals surface area (Å²) in [6.45, 7) is 4.09. The van der Waals surface area contributed by atoms with E-state index in [0.29, 0.717) is 0 Å². The molecule has 0 amide bonds. The molecule has 138 valence electrons. The Morgan fingerprint density at radius 1 is 1.19 bits per heavy atom. The fourth-order valence-corrected chi connectivity index (χ4v) is 4.45. The maximum atomic E-state index is 11.7. The summed E-state index contributed by atoms with van der Waals surface area (Å²) in [7, 11) is 0. The van der Waals surface area contributed by atoms with E-state index in [0.717, 1.165) is 22.4 Å². The summed E-state index contributed by atoms with van der Waals surface area (Å²) in [5.41, 5.74) is 8.83. The highest BCUT2D eigenvalue weighted by Gasteiger charge is 2.44. The van der Waals surface area contributed by atoms with E-state index < -0.39 is 5.97 Å². The van der Waals surface area contributed by atoms with E-state index in [4.69, 9.17) is 0 Å². The van der Waals surface area contributed by atoms with Crippen LogP contribution in [-0.2, 0) is 4.79 Å². The molecular formula is C21H20BrN3O2. The van der Waals surface area contributed by atoms with Crippen LogP contribution in [0.5, 0.6) is 0 Å². The van der Waals surface area contributed by atoms with Crippen molar-refractivity contribution < 1.29 is 9.90 Å². The van der Waals surface area contributed by atoms with Gasteiger partial charge in [0.05, 0.1) is 16.6 Å². The molecule has 2 aromatic carbocycles. The summed E-state index contributed by atoms with van der Waals surface area (Å²) in [5, 5.41) is 11.6. The van der Waals surface area contributed by atoms with Crippen LogP contribution in [0, 0.1) is 13.8 Å². The van der Waals surface area contributed by atoms with Crippen molar-refractivity contribution in [3.8, 4) is 0 Å². The highest BCUT2D eigenvalue weighted by atomic mass is 79.9. The Labute approximate surface area is 166 Å². The predicted octanol–water partition coefficient (Wildman–Crippen LogP) is 3.83. The molecule has 1 fully saturated rings. The van der Waals surface area contributed by atoms with Crippen molar-refractivity contribution in [1.82, 2.24) is 10.4 Å². The van der Waals surface area contributed by atoms with Gasteiger partial charge in [0.25, 0.3) is 0 Å². The second-order valence-electron chi connectivity index (χ2n) is 6.91. The van der Waals surface area contributed by atoms with E-state index in [1.807, 2.05) is 49.2 Å². The van der Waals surface area contributed by atoms with Crippen LogP contribution in [0.25, 0.3) is 5.70 Å². The molecule has 0 aromatic heterocycles. The Bertz CT molecular complexity index is 955. The molecular weight excluding hydrogens is 406 g/mol. The SMILES string of the molecule is Cc1ccc(C2=CC(C(=O)O)=NC3C(Br)C(c4ccccc4)NN23)c(C)c1. The lowest BCUT2D eigenvalue weighted by molar-refractivity contribution is -0.129. The van der Waals surface area contributed by atoms with E-state index in [1.54, 1.807) is 6.08 Å². The Kier molecular flexibility index (Phi) is 4.61. The molecule has 2 heterocycles. The molecule has 0 bridgehead atoms. The zero-order chi connectivity index (χ0) is 19.1. The molecule has 0 aliphatic carbocycles. The topological polar surface area (TPSA) is 64.9 Å². The smallest absolute Gasteiger partial charge is 0.354 e. The van der Waals surface area contributed by atoms with Crippen LogP contribution in [0.2, 0.25) is 0 Å². The van der Waals surface area contributed by atoms with Crippen molar-refractivity contribution in [3.05, 3.63) is 76.9 Å². The highest BCUT2D eigenvalue weighted by molar-refractivity contribution is 9.09. The lowest BCUT2D eigenvalue weighted by Crippen LogP contribution is -2.40. The number of carboxylic acids is 1. The number of hydrazine groups is 1. The number of fused-ring (bicyclic) bond motifs is 1. The molecule has 27 heavy (non-hydrogen) atoms. The molecule has 2 aromatic rings. The van der Waals surface area contributed by atoms with E-state index in [-0.39, 0.29) is 22.7 Å². The maximum absolute atomic E-state index is 11.7. The van der Waals surface area contributed by atoms with Crippen LogP contribution >= 0.6 is 15.9 Å². The van der Waals surface area contributed by atoms with Crippen molar-refractivity contribution in [3.63, 3.8) is 0 Å².